The minimum Gasteiger partial charge on any atom is -0.454 e. The van der Waals surface area contributed by atoms with Crippen LogP contribution in [0.25, 0.3) is 0 Å². The average molecular weight is 483 g/mol. The minimum atomic E-state index is -4.35. The lowest BCUT2D eigenvalue weighted by molar-refractivity contribution is -0.318. The number of esters is 1. The van der Waals surface area contributed by atoms with E-state index in [1.807, 2.05) is 0 Å². The van der Waals surface area contributed by atoms with Crippen molar-refractivity contribution in [3.63, 3.8) is 0 Å². The molecule has 1 unspecified atom stereocenters. The molecule has 0 aliphatic carbocycles. The SMILES string of the molecule is CCCCCCCCCCCCCCCCC(COCCO)OC(=O)C1(O)OS(=O)(=O)O1. The molecule has 0 bridgehead atoms. The van der Waals surface area contributed by atoms with Crippen molar-refractivity contribution in [1.29, 1.82) is 0 Å². The Balaban J connectivity index is 2.10. The van der Waals surface area contributed by atoms with Crippen LogP contribution in [0.15, 0.2) is 0 Å². The number of unbranched alkanes of at least 4 members (excludes halogenated alkanes) is 13. The number of carbonyl (C=O) groups excluding carboxylic acids is 1. The summed E-state index contributed by atoms with van der Waals surface area (Å²) in [4.78, 5) is 11.9. The van der Waals surface area contributed by atoms with Crippen molar-refractivity contribution in [3.8, 4) is 0 Å². The molecule has 0 aromatic heterocycles. The highest BCUT2D eigenvalue weighted by atomic mass is 32.3. The summed E-state index contributed by atoms with van der Waals surface area (Å²) >= 11 is 0. The molecule has 9 nitrogen and oxygen atoms in total. The van der Waals surface area contributed by atoms with Crippen LogP contribution in [0, 0.1) is 0 Å². The number of aliphatic hydroxyl groups is 2. The largest absolute Gasteiger partial charge is 0.454 e. The Kier molecular flexibility index (Phi) is 15.3. The topological polar surface area (TPSA) is 129 Å². The van der Waals surface area contributed by atoms with Crippen molar-refractivity contribution in [2.24, 2.45) is 0 Å². The van der Waals surface area contributed by atoms with Gasteiger partial charge in [-0.2, -0.15) is 16.8 Å². The molecule has 2 N–H and O–H groups in total. The third-order valence-corrected chi connectivity index (χ3v) is 6.24. The van der Waals surface area contributed by atoms with Gasteiger partial charge in [-0.05, 0) is 12.8 Å². The Morgan fingerprint density at radius 2 is 1.34 bits per heavy atom. The zero-order valence-electron chi connectivity index (χ0n) is 19.5. The van der Waals surface area contributed by atoms with E-state index in [4.69, 9.17) is 14.6 Å². The van der Waals surface area contributed by atoms with Gasteiger partial charge in [0, 0.05) is 0 Å². The highest BCUT2D eigenvalue weighted by Crippen LogP contribution is 2.30. The van der Waals surface area contributed by atoms with E-state index >= 15 is 0 Å². The predicted molar refractivity (Wildman–Crippen MR) is 119 cm³/mol. The first-order valence-electron chi connectivity index (χ1n) is 12.1. The van der Waals surface area contributed by atoms with E-state index in [0.717, 1.165) is 19.3 Å². The second kappa shape index (κ2) is 16.8. The van der Waals surface area contributed by atoms with E-state index < -0.39 is 28.4 Å². The van der Waals surface area contributed by atoms with Crippen LogP contribution in [-0.4, -0.2) is 56.5 Å². The Morgan fingerprint density at radius 1 is 0.875 bits per heavy atom. The molecule has 1 saturated heterocycles. The second-order valence-electron chi connectivity index (χ2n) is 8.37. The van der Waals surface area contributed by atoms with Gasteiger partial charge in [-0.1, -0.05) is 90.4 Å². The molecule has 1 aliphatic rings. The summed E-state index contributed by atoms with van der Waals surface area (Å²) in [5, 5.41) is 18.5. The molecule has 0 aromatic carbocycles. The fourth-order valence-electron chi connectivity index (χ4n) is 3.60. The Hall–Kier alpha value is -0.780. The smallest absolute Gasteiger partial charge is 0.416 e. The van der Waals surface area contributed by atoms with Gasteiger partial charge in [0.15, 0.2) is 0 Å². The molecule has 1 fully saturated rings. The summed E-state index contributed by atoms with van der Waals surface area (Å²) in [6.45, 7) is 2.17. The van der Waals surface area contributed by atoms with E-state index in [0.29, 0.717) is 6.42 Å². The lowest BCUT2D eigenvalue weighted by atomic mass is 10.0. The summed E-state index contributed by atoms with van der Waals surface area (Å²) in [7, 11) is -4.35. The second-order valence-corrected chi connectivity index (χ2v) is 9.52. The van der Waals surface area contributed by atoms with E-state index in [2.05, 4.69) is 15.3 Å². The van der Waals surface area contributed by atoms with E-state index in [9.17, 15) is 18.3 Å². The summed E-state index contributed by atoms with van der Waals surface area (Å²) in [6.07, 6.45) is 17.0. The zero-order valence-corrected chi connectivity index (χ0v) is 20.3. The lowest BCUT2D eigenvalue weighted by Gasteiger charge is -2.32. The first kappa shape index (κ1) is 29.3. The third kappa shape index (κ3) is 13.1. The first-order valence-corrected chi connectivity index (χ1v) is 13.4. The van der Waals surface area contributed by atoms with Gasteiger partial charge in [-0.25, -0.2) is 4.79 Å². The van der Waals surface area contributed by atoms with Crippen molar-refractivity contribution in [2.75, 3.05) is 19.8 Å². The van der Waals surface area contributed by atoms with Crippen LogP contribution in [0.2, 0.25) is 0 Å². The van der Waals surface area contributed by atoms with Gasteiger partial charge in [0.2, 0.25) is 0 Å². The maximum atomic E-state index is 11.9. The van der Waals surface area contributed by atoms with Crippen LogP contribution in [-0.2, 0) is 33.0 Å². The molecule has 0 spiro atoms. The summed E-state index contributed by atoms with van der Waals surface area (Å²) in [5.41, 5.74) is 0. The van der Waals surface area contributed by atoms with Crippen molar-refractivity contribution in [1.82, 2.24) is 0 Å². The van der Waals surface area contributed by atoms with Crippen molar-refractivity contribution < 1.29 is 41.3 Å². The molecule has 1 heterocycles. The van der Waals surface area contributed by atoms with Gasteiger partial charge in [0.1, 0.15) is 6.10 Å². The molecule has 0 radical (unpaired) electrons. The lowest BCUT2D eigenvalue weighted by Crippen LogP contribution is -2.57. The summed E-state index contributed by atoms with van der Waals surface area (Å²) in [5.74, 6) is -4.26. The predicted octanol–water partition coefficient (Wildman–Crippen LogP) is 3.72. The van der Waals surface area contributed by atoms with Gasteiger partial charge < -0.3 is 19.7 Å². The van der Waals surface area contributed by atoms with Crippen LogP contribution in [0.5, 0.6) is 0 Å². The molecule has 1 atom stereocenters. The van der Waals surface area contributed by atoms with Crippen LogP contribution < -0.4 is 0 Å². The summed E-state index contributed by atoms with van der Waals surface area (Å²) in [6, 6.07) is 0. The number of aliphatic hydroxyl groups excluding tert-OH is 1. The Bertz CT molecular complexity index is 582. The highest BCUT2D eigenvalue weighted by molar-refractivity contribution is 7.82. The maximum Gasteiger partial charge on any atom is 0.416 e. The zero-order chi connectivity index (χ0) is 23.7. The third-order valence-electron chi connectivity index (χ3n) is 5.38. The quantitative estimate of drug-likeness (QED) is 0.186. The molecule has 1 aliphatic heterocycles. The molecular formula is C22H42O9S. The van der Waals surface area contributed by atoms with Crippen LogP contribution in [0.1, 0.15) is 103 Å². The van der Waals surface area contributed by atoms with Gasteiger partial charge in [-0.15, -0.1) is 0 Å². The average Bonchev–Trinajstić information content (AvgIpc) is 2.72. The van der Waals surface area contributed by atoms with E-state index in [1.165, 1.54) is 70.6 Å². The number of carbonyl (C=O) groups is 1. The maximum absolute atomic E-state index is 11.9. The molecule has 32 heavy (non-hydrogen) atoms. The molecule has 10 heteroatoms. The van der Waals surface area contributed by atoms with Crippen LogP contribution >= 0.6 is 0 Å². The Morgan fingerprint density at radius 3 is 1.78 bits per heavy atom. The molecule has 0 saturated carbocycles. The van der Waals surface area contributed by atoms with Gasteiger partial charge in [0.05, 0.1) is 19.8 Å². The fraction of sp³-hybridized carbons (Fsp3) is 0.955. The number of hydrogen-bond donors (Lipinski definition) is 2. The van der Waals surface area contributed by atoms with E-state index in [1.54, 1.807) is 0 Å². The Labute approximate surface area is 193 Å². The van der Waals surface area contributed by atoms with Gasteiger partial charge in [0.25, 0.3) is 0 Å². The summed E-state index contributed by atoms with van der Waals surface area (Å²) < 4.78 is 40.2. The first-order chi connectivity index (χ1) is 15.3. The number of rotatable bonds is 21. The standard InChI is InChI=1S/C22H42O9S/c1-2-3-4-5-6-7-8-9-10-11-12-13-14-15-16-20(19-28-18-17-23)29-21(24)22(25)30-32(26,27)31-22/h20,23,25H,2-19H2,1H3. The monoisotopic (exact) mass is 482 g/mol. The molecule has 0 amide bonds. The van der Waals surface area contributed by atoms with Crippen molar-refractivity contribution in [2.45, 2.75) is 115 Å². The fourth-order valence-corrected chi connectivity index (χ4v) is 4.30. The van der Waals surface area contributed by atoms with Gasteiger partial charge in [-0.3, -0.25) is 0 Å². The van der Waals surface area contributed by atoms with Crippen LogP contribution in [0.4, 0.5) is 0 Å². The minimum absolute atomic E-state index is 0.0214. The normalized spacial score (nSPS) is 17.6. The number of ether oxygens (including phenoxy) is 2. The molecule has 190 valence electrons. The number of hydrogen-bond acceptors (Lipinski definition) is 9. The molecule has 0 aromatic rings. The van der Waals surface area contributed by atoms with E-state index in [-0.39, 0.29) is 19.8 Å². The van der Waals surface area contributed by atoms with Crippen molar-refractivity contribution >= 4 is 16.4 Å². The highest BCUT2D eigenvalue weighted by Gasteiger charge is 2.59. The molecule has 1 rings (SSSR count). The van der Waals surface area contributed by atoms with Crippen molar-refractivity contribution in [3.05, 3.63) is 0 Å². The van der Waals surface area contributed by atoms with Crippen LogP contribution in [0.3, 0.4) is 0 Å². The van der Waals surface area contributed by atoms with Gasteiger partial charge >= 0.3 is 22.3 Å². The molecular weight excluding hydrogens is 440 g/mol.